The second-order valence-electron chi connectivity index (χ2n) is 5.13. The van der Waals surface area contributed by atoms with Gasteiger partial charge in [-0.2, -0.15) is 4.99 Å². The monoisotopic (exact) mass is 387 g/mol. The van der Waals surface area contributed by atoms with Gasteiger partial charge >= 0.3 is 0 Å². The number of amidine groups is 1. The number of rotatable bonds is 5. The number of aromatic nitrogens is 2. The number of hydrogen-bond acceptors (Lipinski definition) is 8. The molecule has 2 heterocycles. The lowest BCUT2D eigenvalue weighted by Gasteiger charge is -2.11. The van der Waals surface area contributed by atoms with Gasteiger partial charge in [-0.3, -0.25) is 19.8 Å². The molecule has 2 aromatic rings. The average molecular weight is 387 g/mol. The van der Waals surface area contributed by atoms with E-state index >= 15 is 0 Å². The van der Waals surface area contributed by atoms with Crippen LogP contribution in [0.25, 0.3) is 6.08 Å². The Balaban J connectivity index is 1.99. The fraction of sp³-hybridized carbons (Fsp3) is 0.125. The lowest BCUT2D eigenvalue weighted by molar-refractivity contribution is -0.385. The van der Waals surface area contributed by atoms with Crippen molar-refractivity contribution in [3.63, 3.8) is 0 Å². The fourth-order valence-electron chi connectivity index (χ4n) is 2.21. The van der Waals surface area contributed by atoms with Gasteiger partial charge in [0.1, 0.15) is 5.01 Å². The molecule has 1 aromatic heterocycles. The molecule has 3 rings (SSSR count). The maximum atomic E-state index is 12.7. The summed E-state index contributed by atoms with van der Waals surface area (Å²) in [5, 5.41) is 20.7. The summed E-state index contributed by atoms with van der Waals surface area (Å²) in [7, 11) is 0. The fourth-order valence-corrected chi connectivity index (χ4v) is 3.81. The van der Waals surface area contributed by atoms with Crippen molar-refractivity contribution in [3.8, 4) is 0 Å². The molecule has 0 aliphatic carbocycles. The van der Waals surface area contributed by atoms with Crippen molar-refractivity contribution in [2.75, 3.05) is 6.54 Å². The first-order valence-electron chi connectivity index (χ1n) is 7.44. The number of hydrogen-bond donors (Lipinski definition) is 0. The molecule has 1 aliphatic heterocycles. The number of benzene rings is 1. The number of aliphatic imine (C=N–C) groups is 1. The summed E-state index contributed by atoms with van der Waals surface area (Å²) in [5.41, 5.74) is 0.300. The van der Waals surface area contributed by atoms with E-state index in [4.69, 9.17) is 0 Å². The molecule has 1 saturated heterocycles. The molecule has 0 spiro atoms. The Morgan fingerprint density at radius 2 is 2.15 bits per heavy atom. The van der Waals surface area contributed by atoms with Crippen LogP contribution in [0.1, 0.15) is 10.6 Å². The van der Waals surface area contributed by atoms with E-state index in [2.05, 4.69) is 21.8 Å². The van der Waals surface area contributed by atoms with Gasteiger partial charge in [-0.1, -0.05) is 29.5 Å². The minimum absolute atomic E-state index is 0.0613. The molecule has 26 heavy (non-hydrogen) atoms. The molecule has 0 bridgehead atoms. The Labute approximate surface area is 157 Å². The summed E-state index contributed by atoms with van der Waals surface area (Å²) < 4.78 is 0. The highest BCUT2D eigenvalue weighted by Crippen LogP contribution is 2.35. The minimum Gasteiger partial charge on any atom is -0.282 e. The van der Waals surface area contributed by atoms with Crippen molar-refractivity contribution >= 4 is 51.1 Å². The third kappa shape index (κ3) is 3.70. The van der Waals surface area contributed by atoms with Crippen LogP contribution in [0.5, 0.6) is 0 Å². The van der Waals surface area contributed by atoms with Crippen molar-refractivity contribution in [2.24, 2.45) is 4.99 Å². The number of amides is 1. The summed E-state index contributed by atoms with van der Waals surface area (Å²) in [6, 6.07) is 6.26. The Bertz CT molecular complexity index is 951. The zero-order chi connectivity index (χ0) is 18.7. The molecule has 1 aromatic carbocycles. The predicted octanol–water partition coefficient (Wildman–Crippen LogP) is 3.54. The number of nitrogens with zero attached hydrogens (tertiary/aromatic N) is 5. The van der Waals surface area contributed by atoms with E-state index in [1.165, 1.54) is 28.4 Å². The number of carbonyl (C=O) groups is 1. The van der Waals surface area contributed by atoms with Crippen LogP contribution in [-0.2, 0) is 4.79 Å². The van der Waals surface area contributed by atoms with Crippen molar-refractivity contribution in [2.45, 2.75) is 6.92 Å². The maximum absolute atomic E-state index is 12.7. The van der Waals surface area contributed by atoms with Crippen molar-refractivity contribution in [3.05, 3.63) is 62.5 Å². The summed E-state index contributed by atoms with van der Waals surface area (Å²) in [4.78, 5) is 29.6. The third-order valence-corrected chi connectivity index (χ3v) is 5.07. The summed E-state index contributed by atoms with van der Waals surface area (Å²) in [6.07, 6.45) is 3.10. The standard InChI is InChI=1S/C16H13N5O3S2/c1-3-8-20-14(22)13(9-11-6-4-5-7-12(11)21(23)24)26-16(20)17-15-19-18-10(2)25-15/h3-7,9H,1,8H2,2H3/b13-9-,17-16+. The second-order valence-corrected chi connectivity index (χ2v) is 7.30. The Morgan fingerprint density at radius 3 is 2.81 bits per heavy atom. The van der Waals surface area contributed by atoms with Crippen molar-refractivity contribution in [1.82, 2.24) is 15.1 Å². The van der Waals surface area contributed by atoms with Crippen molar-refractivity contribution < 1.29 is 9.72 Å². The molecule has 0 unspecified atom stereocenters. The van der Waals surface area contributed by atoms with Crippen LogP contribution < -0.4 is 0 Å². The molecule has 0 N–H and O–H groups in total. The van der Waals surface area contributed by atoms with Crippen LogP contribution >= 0.6 is 23.1 Å². The quantitative estimate of drug-likeness (QED) is 0.336. The Kier molecular flexibility index (Phi) is 5.24. The van der Waals surface area contributed by atoms with Crippen LogP contribution in [0.2, 0.25) is 0 Å². The summed E-state index contributed by atoms with van der Waals surface area (Å²) in [6.45, 7) is 5.75. The van der Waals surface area contributed by atoms with E-state index in [0.717, 1.165) is 16.8 Å². The van der Waals surface area contributed by atoms with Gasteiger partial charge in [0.2, 0.25) is 5.13 Å². The predicted molar refractivity (Wildman–Crippen MR) is 102 cm³/mol. The summed E-state index contributed by atoms with van der Waals surface area (Å²) >= 11 is 2.45. The summed E-state index contributed by atoms with van der Waals surface area (Å²) in [5.74, 6) is -0.284. The third-order valence-electron chi connectivity index (χ3n) is 3.33. The first-order chi connectivity index (χ1) is 12.5. The number of para-hydroxylation sites is 1. The Hall–Kier alpha value is -2.85. The SMILES string of the molecule is C=CCN1C(=O)/C(=C/c2ccccc2[N+](=O)[O-])S/C1=N/c1nnc(C)s1. The molecule has 1 amide bonds. The van der Waals surface area contributed by atoms with Gasteiger partial charge in [0.05, 0.1) is 15.4 Å². The van der Waals surface area contributed by atoms with E-state index in [-0.39, 0.29) is 18.1 Å². The largest absolute Gasteiger partial charge is 0.282 e. The maximum Gasteiger partial charge on any atom is 0.276 e. The second kappa shape index (κ2) is 7.58. The molecule has 132 valence electrons. The highest BCUT2D eigenvalue weighted by molar-refractivity contribution is 8.18. The van der Waals surface area contributed by atoms with Gasteiger partial charge in [-0.25, -0.2) is 0 Å². The molecular weight excluding hydrogens is 374 g/mol. The van der Waals surface area contributed by atoms with Crippen LogP contribution in [-0.4, -0.2) is 37.6 Å². The normalized spacial score (nSPS) is 17.3. The van der Waals surface area contributed by atoms with E-state index in [0.29, 0.717) is 20.8 Å². The van der Waals surface area contributed by atoms with Gasteiger partial charge in [0.15, 0.2) is 5.17 Å². The lowest BCUT2D eigenvalue weighted by Crippen LogP contribution is -2.29. The zero-order valence-electron chi connectivity index (χ0n) is 13.7. The molecule has 10 heteroatoms. The molecule has 0 radical (unpaired) electrons. The van der Waals surface area contributed by atoms with Crippen LogP contribution in [0, 0.1) is 17.0 Å². The number of aryl methyl sites for hydroxylation is 1. The first kappa shape index (κ1) is 18.0. The van der Waals surface area contributed by atoms with Gasteiger partial charge in [-0.05, 0) is 30.8 Å². The van der Waals surface area contributed by atoms with Gasteiger partial charge < -0.3 is 0 Å². The molecule has 1 aliphatic rings. The smallest absolute Gasteiger partial charge is 0.276 e. The number of nitro groups is 1. The van der Waals surface area contributed by atoms with Crippen LogP contribution in [0.4, 0.5) is 10.8 Å². The van der Waals surface area contributed by atoms with Gasteiger partial charge in [-0.15, -0.1) is 16.8 Å². The number of thioether (sulfide) groups is 1. The van der Waals surface area contributed by atoms with Crippen LogP contribution in [0.15, 0.2) is 46.8 Å². The van der Waals surface area contributed by atoms with Crippen molar-refractivity contribution in [1.29, 1.82) is 0 Å². The van der Waals surface area contributed by atoms with Gasteiger partial charge in [0.25, 0.3) is 11.6 Å². The van der Waals surface area contributed by atoms with Crippen LogP contribution in [0.3, 0.4) is 0 Å². The van der Waals surface area contributed by atoms with Gasteiger partial charge in [0, 0.05) is 12.6 Å². The molecule has 0 saturated carbocycles. The molecule has 1 fully saturated rings. The molecule has 0 atom stereocenters. The molecule has 8 nitrogen and oxygen atoms in total. The lowest BCUT2D eigenvalue weighted by atomic mass is 10.1. The minimum atomic E-state index is -0.475. The van der Waals surface area contributed by atoms with E-state index in [1.54, 1.807) is 24.3 Å². The zero-order valence-corrected chi connectivity index (χ0v) is 15.3. The topological polar surface area (TPSA) is 102 Å². The highest BCUT2D eigenvalue weighted by Gasteiger charge is 2.33. The molecular formula is C16H13N5O3S2. The van der Waals surface area contributed by atoms with E-state index < -0.39 is 4.92 Å². The van der Waals surface area contributed by atoms with E-state index in [9.17, 15) is 14.9 Å². The van der Waals surface area contributed by atoms with E-state index in [1.807, 2.05) is 6.92 Å². The number of carbonyl (C=O) groups excluding carboxylic acids is 1. The Morgan fingerprint density at radius 1 is 1.38 bits per heavy atom. The number of nitro benzene ring substituents is 1. The first-order valence-corrected chi connectivity index (χ1v) is 9.07. The highest BCUT2D eigenvalue weighted by atomic mass is 32.2. The average Bonchev–Trinajstić information content (AvgIpc) is 3.14.